The Hall–Kier alpha value is -1.89. The van der Waals surface area contributed by atoms with Gasteiger partial charge in [0.1, 0.15) is 0 Å². The van der Waals surface area contributed by atoms with E-state index in [0.29, 0.717) is 26.4 Å². The van der Waals surface area contributed by atoms with Gasteiger partial charge in [-0.05, 0) is 0 Å². The molecule has 1 amide bonds. The number of aromatic amines is 1. The van der Waals surface area contributed by atoms with Crippen molar-refractivity contribution in [2.24, 2.45) is 5.73 Å². The molecule has 19 heteroatoms. The number of H-pyrrole nitrogens is 1. The first-order chi connectivity index (χ1) is 17.2. The average Bonchev–Trinajstić information content (AvgIpc) is 3.31. The number of carbonyl (C=O) groups excluding carboxylic acids is 1. The first-order valence-corrected chi connectivity index (χ1v) is 14.2. The molecule has 2 saturated heterocycles. The first kappa shape index (κ1) is 27.2. The molecule has 1 unspecified atom stereocenters. The molecule has 4 atom stereocenters. The molecule has 7 N–H and O–H groups in total. The fraction of sp³-hybridized carbons (Fsp3) is 0.647. The van der Waals surface area contributed by atoms with Gasteiger partial charge >= 0.3 is 195 Å². The van der Waals surface area contributed by atoms with E-state index in [1.54, 1.807) is 0 Å². The Morgan fingerprint density at radius 3 is 2.83 bits per heavy atom. The average molecular weight is 596 g/mol. The van der Waals surface area contributed by atoms with E-state index in [1.165, 1.54) is 12.1 Å². The maximum atomic E-state index is 12.6. The molecule has 4 heterocycles. The number of anilines is 1. The normalized spacial score (nSPS) is 26.0. The van der Waals surface area contributed by atoms with E-state index in [2.05, 4.69) is 36.2 Å². The second-order valence-corrected chi connectivity index (χ2v) is 11.1. The molecule has 0 radical (unpaired) electrons. The van der Waals surface area contributed by atoms with Gasteiger partial charge in [0.15, 0.2) is 0 Å². The fourth-order valence-electron chi connectivity index (χ4n) is 3.84. The Kier molecular flexibility index (Phi) is 8.80. The molecule has 0 bridgehead atoms. The quantitative estimate of drug-likeness (QED) is 0.0860. The molecule has 0 spiro atoms. The summed E-state index contributed by atoms with van der Waals surface area (Å²) in [7, 11) is -2.03. The van der Waals surface area contributed by atoms with Crippen molar-refractivity contribution in [3.8, 4) is 0 Å². The van der Waals surface area contributed by atoms with Crippen LogP contribution in [0.5, 0.6) is 0 Å². The van der Waals surface area contributed by atoms with Crippen LogP contribution in [0.4, 0.5) is 10.7 Å². The van der Waals surface area contributed by atoms with Crippen molar-refractivity contribution in [3.63, 3.8) is 0 Å². The van der Waals surface area contributed by atoms with Crippen molar-refractivity contribution < 1.29 is 37.7 Å². The SMILES string of the molecule is B[PH]1(O)OC[C@H]2O[C@@H](n3c(Br)nc4c(=O)[nH]c(N)nc43)C(OC(=O)NCCOCCOCCN)[C@@H]2O1. The van der Waals surface area contributed by atoms with Crippen LogP contribution >= 0.6 is 23.8 Å². The van der Waals surface area contributed by atoms with E-state index in [1.807, 2.05) is 0 Å². The number of nitrogen functional groups attached to an aromatic ring is 1. The van der Waals surface area contributed by atoms with Gasteiger partial charge in [-0.2, -0.15) is 0 Å². The van der Waals surface area contributed by atoms with Crippen molar-refractivity contribution in [2.75, 3.05) is 51.9 Å². The van der Waals surface area contributed by atoms with Gasteiger partial charge in [-0.3, -0.25) is 0 Å². The summed E-state index contributed by atoms with van der Waals surface area (Å²) in [5.41, 5.74) is 10.6. The summed E-state index contributed by atoms with van der Waals surface area (Å²) in [4.78, 5) is 46.1. The third-order valence-electron chi connectivity index (χ3n) is 5.33. The molecule has 36 heavy (non-hydrogen) atoms. The number of hydrogen-bond donors (Lipinski definition) is 5. The number of alkyl carbamates (subject to hydrolysis) is 1. The summed E-state index contributed by atoms with van der Waals surface area (Å²) in [6.07, 6.45) is -4.38. The Labute approximate surface area is 214 Å². The van der Waals surface area contributed by atoms with E-state index in [-0.39, 0.29) is 41.6 Å². The van der Waals surface area contributed by atoms with Gasteiger partial charge in [0.25, 0.3) is 0 Å². The van der Waals surface area contributed by atoms with Crippen LogP contribution in [0.15, 0.2) is 9.53 Å². The number of rotatable bonds is 10. The molecule has 0 saturated carbocycles. The molecule has 200 valence electrons. The number of nitrogens with two attached hydrogens (primary N) is 2. The third-order valence-corrected chi connectivity index (χ3v) is 7.30. The predicted molar refractivity (Wildman–Crippen MR) is 133 cm³/mol. The monoisotopic (exact) mass is 595 g/mol. The zero-order valence-corrected chi connectivity index (χ0v) is 21.9. The maximum absolute atomic E-state index is 12.6. The van der Waals surface area contributed by atoms with Gasteiger partial charge in [0, 0.05) is 6.54 Å². The van der Waals surface area contributed by atoms with Crippen LogP contribution < -0.4 is 22.3 Å². The van der Waals surface area contributed by atoms with Crippen LogP contribution in [0.25, 0.3) is 11.2 Å². The van der Waals surface area contributed by atoms with E-state index < -0.39 is 44.0 Å². The number of hydrogen-bond acceptors (Lipinski definition) is 13. The van der Waals surface area contributed by atoms with Crippen LogP contribution in [-0.2, 0) is 28.0 Å². The molecular weight excluding hydrogens is 568 g/mol. The summed E-state index contributed by atoms with van der Waals surface area (Å²) in [6, 6.07) is 0. The van der Waals surface area contributed by atoms with Crippen molar-refractivity contribution >= 4 is 54.5 Å². The molecule has 16 nitrogen and oxygen atoms in total. The van der Waals surface area contributed by atoms with Crippen molar-refractivity contribution in [1.29, 1.82) is 0 Å². The Morgan fingerprint density at radius 2 is 2.08 bits per heavy atom. The minimum absolute atomic E-state index is 0.00359. The van der Waals surface area contributed by atoms with Crippen LogP contribution in [-0.4, -0.2) is 103 Å². The topological polar surface area (TPSA) is 220 Å². The number of nitrogens with one attached hydrogen (secondary N) is 2. The molecule has 0 aromatic carbocycles. The fourth-order valence-corrected chi connectivity index (χ4v) is 5.72. The number of carbonyl (C=O) groups is 1. The Balaban J connectivity index is 1.49. The van der Waals surface area contributed by atoms with E-state index in [9.17, 15) is 14.5 Å². The van der Waals surface area contributed by atoms with Gasteiger partial charge in [0.2, 0.25) is 0 Å². The standard InChI is InChI=1S/C17H28BBrN7O9P/c18-36(29)32-7-8-10(35-36)11(34-17(28)22-2-4-31-6-5-30-3-1-20)14(33-8)26-12-9(23-15(26)19)13(27)25-16(21)24-12/h8,10-11,14,29,36H,1-7,18,20H2,(H,22,28)(H3,21,24,25,27)/t8-,10-,11?,14-/m1/s1. The zero-order chi connectivity index (χ0) is 25.9. The summed E-state index contributed by atoms with van der Waals surface area (Å²) >= 11 is 3.31. The molecular formula is C17H28BBrN7O9P. The van der Waals surface area contributed by atoms with E-state index in [4.69, 9.17) is 39.5 Å². The molecule has 2 aliphatic heterocycles. The number of ether oxygens (including phenoxy) is 4. The summed E-state index contributed by atoms with van der Waals surface area (Å²) in [6.45, 7) is 2.04. The Morgan fingerprint density at radius 1 is 1.33 bits per heavy atom. The van der Waals surface area contributed by atoms with E-state index >= 15 is 0 Å². The minimum atomic E-state index is -3.48. The second kappa shape index (κ2) is 11.7. The number of imidazole rings is 1. The van der Waals surface area contributed by atoms with Crippen molar-refractivity contribution in [1.82, 2.24) is 24.8 Å². The number of amides is 1. The third kappa shape index (κ3) is 6.15. The van der Waals surface area contributed by atoms with Crippen LogP contribution in [0.2, 0.25) is 0 Å². The number of halogens is 1. The summed E-state index contributed by atoms with van der Waals surface area (Å²) in [5.74, 6) is -0.130. The van der Waals surface area contributed by atoms with E-state index in [0.717, 1.165) is 0 Å². The molecule has 4 rings (SSSR count). The van der Waals surface area contributed by atoms with Crippen LogP contribution in [0, 0.1) is 0 Å². The first-order valence-electron chi connectivity index (χ1n) is 11.1. The van der Waals surface area contributed by atoms with Crippen molar-refractivity contribution in [2.45, 2.75) is 24.5 Å². The van der Waals surface area contributed by atoms with Crippen LogP contribution in [0.3, 0.4) is 0 Å². The number of aromatic nitrogens is 4. The van der Waals surface area contributed by atoms with Gasteiger partial charge in [-0.15, -0.1) is 0 Å². The second-order valence-electron chi connectivity index (χ2n) is 8.04. The molecule has 2 aromatic rings. The van der Waals surface area contributed by atoms with Crippen LogP contribution in [0.1, 0.15) is 6.23 Å². The predicted octanol–water partition coefficient (Wildman–Crippen LogP) is -2.10. The summed E-state index contributed by atoms with van der Waals surface area (Å²) < 4.78 is 35.1. The number of nitrogens with zero attached hydrogens (tertiary/aromatic N) is 3. The van der Waals surface area contributed by atoms with Gasteiger partial charge < -0.3 is 5.73 Å². The van der Waals surface area contributed by atoms with Gasteiger partial charge in [-0.25, -0.2) is 0 Å². The molecule has 2 aromatic heterocycles. The number of fused-ring (bicyclic) bond motifs is 2. The Bertz CT molecular complexity index is 1140. The van der Waals surface area contributed by atoms with Gasteiger partial charge in [0.05, 0.1) is 6.61 Å². The van der Waals surface area contributed by atoms with Crippen molar-refractivity contribution in [3.05, 3.63) is 15.1 Å². The molecule has 0 aliphatic carbocycles. The molecule has 2 fully saturated rings. The van der Waals surface area contributed by atoms with Gasteiger partial charge in [-0.1, -0.05) is 0 Å². The molecule has 2 aliphatic rings. The zero-order valence-electron chi connectivity index (χ0n) is 19.3. The summed E-state index contributed by atoms with van der Waals surface area (Å²) in [5, 5.41) is 2.60.